The highest BCUT2D eigenvalue weighted by Gasteiger charge is 2.19. The Morgan fingerprint density at radius 2 is 1.60 bits per heavy atom. The topological polar surface area (TPSA) is 89.3 Å². The fourth-order valence-corrected chi connectivity index (χ4v) is 3.94. The van der Waals surface area contributed by atoms with E-state index in [0.29, 0.717) is 21.3 Å². The van der Waals surface area contributed by atoms with Gasteiger partial charge in [0, 0.05) is 22.1 Å². The Hall–Kier alpha value is -1.90. The van der Waals surface area contributed by atoms with Gasteiger partial charge < -0.3 is 5.32 Å². The number of ketones is 1. The SMILES string of the molecule is NS(=O)(=O)c1ccc(NC(CC(=O)c2ccc(Cl)c(Cl)c2)c2ccc(Br)cc2)cc1. The van der Waals surface area contributed by atoms with Crippen LogP contribution in [0.2, 0.25) is 10.0 Å². The van der Waals surface area contributed by atoms with E-state index in [1.165, 1.54) is 12.1 Å². The number of anilines is 1. The summed E-state index contributed by atoms with van der Waals surface area (Å²) in [5.41, 5.74) is 2.00. The number of hydrogen-bond acceptors (Lipinski definition) is 4. The van der Waals surface area contributed by atoms with Crippen molar-refractivity contribution in [3.8, 4) is 0 Å². The molecule has 0 aliphatic rings. The van der Waals surface area contributed by atoms with E-state index in [0.717, 1.165) is 10.0 Å². The average molecular weight is 528 g/mol. The first-order chi connectivity index (χ1) is 14.1. The molecule has 0 saturated heterocycles. The molecule has 1 unspecified atom stereocenters. The highest BCUT2D eigenvalue weighted by atomic mass is 79.9. The monoisotopic (exact) mass is 526 g/mol. The summed E-state index contributed by atoms with van der Waals surface area (Å²) in [7, 11) is -3.78. The van der Waals surface area contributed by atoms with Crippen molar-refractivity contribution in [2.24, 2.45) is 5.14 Å². The number of carbonyl (C=O) groups is 1. The van der Waals surface area contributed by atoms with Crippen molar-refractivity contribution >= 4 is 60.6 Å². The van der Waals surface area contributed by atoms with E-state index in [4.69, 9.17) is 28.3 Å². The minimum absolute atomic E-state index is 0.0140. The summed E-state index contributed by atoms with van der Waals surface area (Å²) >= 11 is 15.4. The molecular formula is C21H17BrCl2N2O3S. The molecule has 0 bridgehead atoms. The summed E-state index contributed by atoms with van der Waals surface area (Å²) in [6.07, 6.45) is 0.149. The summed E-state index contributed by atoms with van der Waals surface area (Å²) in [4.78, 5) is 12.9. The minimum Gasteiger partial charge on any atom is -0.378 e. The van der Waals surface area contributed by atoms with Crippen molar-refractivity contribution in [1.29, 1.82) is 0 Å². The predicted octanol–water partition coefficient (Wildman–Crippen LogP) is 5.83. The number of sulfonamides is 1. The van der Waals surface area contributed by atoms with Crippen LogP contribution >= 0.6 is 39.1 Å². The molecule has 0 heterocycles. The van der Waals surface area contributed by atoms with Gasteiger partial charge in [0.05, 0.1) is 21.0 Å². The van der Waals surface area contributed by atoms with Crippen LogP contribution < -0.4 is 10.5 Å². The Labute approximate surface area is 193 Å². The number of nitrogens with two attached hydrogens (primary N) is 1. The highest BCUT2D eigenvalue weighted by molar-refractivity contribution is 9.10. The minimum atomic E-state index is -3.78. The van der Waals surface area contributed by atoms with E-state index in [-0.39, 0.29) is 23.1 Å². The molecule has 3 rings (SSSR count). The van der Waals surface area contributed by atoms with Gasteiger partial charge in [-0.3, -0.25) is 4.79 Å². The lowest BCUT2D eigenvalue weighted by atomic mass is 9.97. The van der Waals surface area contributed by atoms with Gasteiger partial charge in [0.25, 0.3) is 0 Å². The molecule has 0 saturated carbocycles. The number of hydrogen-bond donors (Lipinski definition) is 2. The molecule has 0 aliphatic heterocycles. The number of halogens is 3. The lowest BCUT2D eigenvalue weighted by Crippen LogP contribution is -2.16. The van der Waals surface area contributed by atoms with Gasteiger partial charge in [0.2, 0.25) is 10.0 Å². The fourth-order valence-electron chi connectivity index (χ4n) is 2.86. The fraction of sp³-hybridized carbons (Fsp3) is 0.0952. The number of carbonyl (C=O) groups excluding carboxylic acids is 1. The molecule has 0 aromatic heterocycles. The van der Waals surface area contributed by atoms with Crippen molar-refractivity contribution in [3.63, 3.8) is 0 Å². The van der Waals surface area contributed by atoms with Gasteiger partial charge in [-0.2, -0.15) is 0 Å². The standard InChI is InChI=1S/C21H17BrCl2N2O3S/c22-15-4-1-13(2-5-15)20(12-21(27)14-3-10-18(23)19(24)11-14)26-16-6-8-17(9-7-16)30(25,28)29/h1-11,20,26H,12H2,(H2,25,28,29). The maximum absolute atomic E-state index is 12.9. The zero-order chi connectivity index (χ0) is 21.9. The van der Waals surface area contributed by atoms with Gasteiger partial charge in [-0.05, 0) is 60.2 Å². The number of nitrogens with one attached hydrogen (secondary N) is 1. The van der Waals surface area contributed by atoms with Crippen LogP contribution in [-0.4, -0.2) is 14.2 Å². The first-order valence-electron chi connectivity index (χ1n) is 8.76. The number of benzene rings is 3. The van der Waals surface area contributed by atoms with E-state index in [1.807, 2.05) is 24.3 Å². The van der Waals surface area contributed by atoms with Gasteiger partial charge in [-0.15, -0.1) is 0 Å². The summed E-state index contributed by atoms with van der Waals surface area (Å²) in [5.74, 6) is -0.116. The third-order valence-electron chi connectivity index (χ3n) is 4.43. The molecule has 0 fully saturated rings. The van der Waals surface area contributed by atoms with Gasteiger partial charge in [0.1, 0.15) is 0 Å². The molecule has 0 amide bonds. The molecule has 156 valence electrons. The number of rotatable bonds is 7. The second-order valence-electron chi connectivity index (χ2n) is 6.57. The molecule has 3 N–H and O–H groups in total. The maximum Gasteiger partial charge on any atom is 0.238 e. The Morgan fingerprint density at radius 1 is 0.967 bits per heavy atom. The van der Waals surface area contributed by atoms with Gasteiger partial charge in [0.15, 0.2) is 5.78 Å². The van der Waals surface area contributed by atoms with Crippen LogP contribution in [0.15, 0.2) is 76.1 Å². The van der Waals surface area contributed by atoms with Crippen LogP contribution in [0.5, 0.6) is 0 Å². The van der Waals surface area contributed by atoms with Crippen LogP contribution in [0.1, 0.15) is 28.4 Å². The largest absolute Gasteiger partial charge is 0.378 e. The smallest absolute Gasteiger partial charge is 0.238 e. The normalized spacial score (nSPS) is 12.4. The molecule has 3 aromatic rings. The molecule has 0 aliphatic carbocycles. The molecule has 9 heteroatoms. The van der Waals surface area contributed by atoms with Crippen molar-refractivity contribution in [2.45, 2.75) is 17.4 Å². The molecule has 5 nitrogen and oxygen atoms in total. The Kier molecular flexibility index (Phi) is 7.21. The second-order valence-corrected chi connectivity index (χ2v) is 9.87. The molecule has 3 aromatic carbocycles. The maximum atomic E-state index is 12.9. The first kappa shape index (κ1) is 22.8. The van der Waals surface area contributed by atoms with Crippen molar-refractivity contribution in [3.05, 3.63) is 92.4 Å². The van der Waals surface area contributed by atoms with E-state index in [9.17, 15) is 13.2 Å². The third-order valence-corrected chi connectivity index (χ3v) is 6.62. The zero-order valence-corrected chi connectivity index (χ0v) is 19.4. The summed E-state index contributed by atoms with van der Waals surface area (Å²) in [6.45, 7) is 0. The van der Waals surface area contributed by atoms with E-state index < -0.39 is 10.0 Å². The molecule has 30 heavy (non-hydrogen) atoms. The van der Waals surface area contributed by atoms with Gasteiger partial charge in [-0.1, -0.05) is 51.3 Å². The Balaban J connectivity index is 1.87. The molecule has 0 radical (unpaired) electrons. The van der Waals surface area contributed by atoms with Crippen LogP contribution in [0.4, 0.5) is 5.69 Å². The quantitative estimate of drug-likeness (QED) is 0.378. The summed E-state index contributed by atoms with van der Waals surface area (Å²) in [5, 5.41) is 9.13. The Bertz CT molecular complexity index is 1170. The highest BCUT2D eigenvalue weighted by Crippen LogP contribution is 2.28. The van der Waals surface area contributed by atoms with E-state index in [2.05, 4.69) is 21.2 Å². The van der Waals surface area contributed by atoms with Crippen molar-refractivity contribution < 1.29 is 13.2 Å². The zero-order valence-electron chi connectivity index (χ0n) is 15.5. The van der Waals surface area contributed by atoms with E-state index in [1.54, 1.807) is 30.3 Å². The van der Waals surface area contributed by atoms with Crippen LogP contribution in [0.25, 0.3) is 0 Å². The molecular weight excluding hydrogens is 511 g/mol. The van der Waals surface area contributed by atoms with Crippen LogP contribution in [0.3, 0.4) is 0 Å². The Morgan fingerprint density at radius 3 is 2.17 bits per heavy atom. The number of primary sulfonamides is 1. The number of Topliss-reactive ketones (excluding diaryl/α,β-unsaturated/α-hetero) is 1. The summed E-state index contributed by atoms with van der Waals surface area (Å²) < 4.78 is 23.8. The van der Waals surface area contributed by atoms with Gasteiger partial charge >= 0.3 is 0 Å². The van der Waals surface area contributed by atoms with Gasteiger partial charge in [-0.25, -0.2) is 13.6 Å². The average Bonchev–Trinajstić information content (AvgIpc) is 2.70. The van der Waals surface area contributed by atoms with Crippen LogP contribution in [-0.2, 0) is 10.0 Å². The van der Waals surface area contributed by atoms with E-state index >= 15 is 0 Å². The summed E-state index contributed by atoms with van der Waals surface area (Å²) in [6, 6.07) is 18.0. The molecule has 0 spiro atoms. The first-order valence-corrected chi connectivity index (χ1v) is 11.9. The molecule has 1 atom stereocenters. The predicted molar refractivity (Wildman–Crippen MR) is 124 cm³/mol. The van der Waals surface area contributed by atoms with Crippen LogP contribution in [0, 0.1) is 0 Å². The lowest BCUT2D eigenvalue weighted by Gasteiger charge is -2.20. The van der Waals surface area contributed by atoms with Crippen molar-refractivity contribution in [2.75, 3.05) is 5.32 Å². The van der Waals surface area contributed by atoms with Crippen molar-refractivity contribution in [1.82, 2.24) is 0 Å². The lowest BCUT2D eigenvalue weighted by molar-refractivity contribution is 0.0976. The second kappa shape index (κ2) is 9.49. The third kappa shape index (κ3) is 5.83.